The molecule has 0 spiro atoms. The molecule has 0 aliphatic carbocycles. The van der Waals surface area contributed by atoms with Gasteiger partial charge in [-0.25, -0.2) is 0 Å². The van der Waals surface area contributed by atoms with Gasteiger partial charge in [-0.05, 0) is 0 Å². The van der Waals surface area contributed by atoms with Crippen molar-refractivity contribution in [2.45, 2.75) is 108 Å². The third-order valence-electron chi connectivity index (χ3n) is 7.44. The normalized spacial score (nSPS) is 13.6. The van der Waals surface area contributed by atoms with Crippen LogP contribution < -0.4 is 0 Å². The van der Waals surface area contributed by atoms with Gasteiger partial charge < -0.3 is 0 Å². The minimum atomic E-state index is -1.36. The summed E-state index contributed by atoms with van der Waals surface area (Å²) in [5.41, 5.74) is 0. The first-order valence-electron chi connectivity index (χ1n) is 9.86. The Morgan fingerprint density at radius 1 is 0.364 bits per heavy atom. The molecular formula is C18H48Ge4. The monoisotopic (exact) mass is 560 g/mol. The molecule has 136 valence electrons. The van der Waals surface area contributed by atoms with Gasteiger partial charge in [0.25, 0.3) is 0 Å². The Kier molecular flexibility index (Phi) is 13.2. The maximum absolute atomic E-state index is 2.54. The molecule has 0 heterocycles. The van der Waals surface area contributed by atoms with E-state index in [1.807, 2.05) is 0 Å². The SMILES string of the molecule is C[CH2][Ge]([CH2]C)([CH2]C)[Ge]([CH2]C)([CH2]C)[CH2]C.[CH3][Ge]([CH3])([CH3])[Ge]([CH3])([CH3])[CH3]. The predicted octanol–water partition coefficient (Wildman–Crippen LogP) is 7.82. The Morgan fingerprint density at radius 3 is 0.545 bits per heavy atom. The van der Waals surface area contributed by atoms with Gasteiger partial charge in [-0.3, -0.25) is 0 Å². The molecule has 0 aromatic heterocycles. The van der Waals surface area contributed by atoms with Crippen molar-refractivity contribution in [2.24, 2.45) is 0 Å². The zero-order chi connectivity index (χ0) is 18.2. The van der Waals surface area contributed by atoms with E-state index in [0.29, 0.717) is 0 Å². The third kappa shape index (κ3) is 6.82. The zero-order valence-corrected chi connectivity index (χ0v) is 26.6. The summed E-state index contributed by atoms with van der Waals surface area (Å²) in [5, 5.41) is 9.68. The topological polar surface area (TPSA) is 0 Å². The van der Waals surface area contributed by atoms with Crippen LogP contribution in [-0.4, -0.2) is 45.2 Å². The molecule has 0 atom stereocenters. The van der Waals surface area contributed by atoms with E-state index >= 15 is 0 Å². The molecule has 0 bridgehead atoms. The molecule has 0 aliphatic heterocycles. The van der Waals surface area contributed by atoms with Gasteiger partial charge in [-0.1, -0.05) is 0 Å². The second kappa shape index (κ2) is 11.0. The molecule has 0 unspecified atom stereocenters. The molecule has 0 saturated heterocycles. The fourth-order valence-corrected chi connectivity index (χ4v) is 68.5. The van der Waals surface area contributed by atoms with Gasteiger partial charge in [0.15, 0.2) is 0 Å². The van der Waals surface area contributed by atoms with Crippen LogP contribution in [0.25, 0.3) is 0 Å². The van der Waals surface area contributed by atoms with Crippen LogP contribution in [0, 0.1) is 0 Å². The molecular weight excluding hydrogens is 507 g/mol. The summed E-state index contributed by atoms with van der Waals surface area (Å²) in [6.07, 6.45) is 0. The summed E-state index contributed by atoms with van der Waals surface area (Å²) in [5.74, 6) is 15.2. The molecule has 0 fully saturated rings. The number of hydrogen-bond acceptors (Lipinski definition) is 0. The van der Waals surface area contributed by atoms with Gasteiger partial charge in [0.05, 0.1) is 0 Å². The quantitative estimate of drug-likeness (QED) is 0.268. The van der Waals surface area contributed by atoms with E-state index in [1.165, 1.54) is 0 Å². The second-order valence-electron chi connectivity index (χ2n) is 9.18. The van der Waals surface area contributed by atoms with E-state index in [4.69, 9.17) is 0 Å². The van der Waals surface area contributed by atoms with Crippen molar-refractivity contribution in [1.29, 1.82) is 0 Å². The molecule has 0 nitrogen and oxygen atoms in total. The summed E-state index contributed by atoms with van der Waals surface area (Å²) in [6.45, 7) is 15.0. The van der Waals surface area contributed by atoms with Crippen LogP contribution in [0.2, 0.25) is 66.1 Å². The second-order valence-corrected chi connectivity index (χ2v) is 104. The van der Waals surface area contributed by atoms with Crippen LogP contribution in [-0.2, 0) is 0 Å². The van der Waals surface area contributed by atoms with Crippen LogP contribution in [0.3, 0.4) is 0 Å². The summed E-state index contributed by atoms with van der Waals surface area (Å²) in [7, 11) is 0. The van der Waals surface area contributed by atoms with E-state index < -0.39 is 45.2 Å². The predicted molar refractivity (Wildman–Crippen MR) is 121 cm³/mol. The van der Waals surface area contributed by atoms with Gasteiger partial charge in [0.1, 0.15) is 0 Å². The van der Waals surface area contributed by atoms with Crippen molar-refractivity contribution in [3.8, 4) is 0 Å². The molecule has 4 heteroatoms. The summed E-state index contributed by atoms with van der Waals surface area (Å²) >= 11 is -4.98. The fraction of sp³-hybridized carbons (Fsp3) is 1.00. The van der Waals surface area contributed by atoms with Crippen molar-refractivity contribution in [3.63, 3.8) is 0 Å². The first-order valence-corrected chi connectivity index (χ1v) is 44.4. The molecule has 0 N–H and O–H groups in total. The van der Waals surface area contributed by atoms with Crippen molar-refractivity contribution < 1.29 is 0 Å². The molecule has 0 aliphatic rings. The van der Waals surface area contributed by atoms with Gasteiger partial charge >= 0.3 is 153 Å². The van der Waals surface area contributed by atoms with Crippen LogP contribution in [0.5, 0.6) is 0 Å². The molecule has 0 aromatic rings. The van der Waals surface area contributed by atoms with Crippen LogP contribution in [0.1, 0.15) is 41.5 Å². The van der Waals surface area contributed by atoms with Gasteiger partial charge in [-0.15, -0.1) is 0 Å². The van der Waals surface area contributed by atoms with E-state index in [9.17, 15) is 0 Å². The number of hydrogen-bond donors (Lipinski definition) is 0. The van der Waals surface area contributed by atoms with Gasteiger partial charge in [0, 0.05) is 0 Å². The average Bonchev–Trinajstić information content (AvgIpc) is 2.44. The first kappa shape index (κ1) is 26.4. The zero-order valence-electron chi connectivity index (χ0n) is 18.2. The molecule has 0 amide bonds. The summed E-state index contributed by atoms with van der Waals surface area (Å²) < 4.78 is 0. The Balaban J connectivity index is 0. The standard InChI is InChI=1S/C12H30Ge2.C6H18Ge2/c1-7-13(8-2,9-3)14(10-4,11-5)12-6;1-7(2,3)8(4,5)6/h7-12H2,1-6H3;1-6H3. The number of rotatable bonds is 8. The van der Waals surface area contributed by atoms with Crippen LogP contribution in [0.15, 0.2) is 0 Å². The van der Waals surface area contributed by atoms with Gasteiger partial charge in [0.2, 0.25) is 0 Å². The van der Waals surface area contributed by atoms with Crippen molar-refractivity contribution in [2.75, 3.05) is 0 Å². The van der Waals surface area contributed by atoms with Crippen molar-refractivity contribution in [1.82, 2.24) is 0 Å². The summed E-state index contributed by atoms with van der Waals surface area (Å²) in [6, 6.07) is 0. The minimum absolute atomic E-state index is 1.12. The van der Waals surface area contributed by atoms with Crippen molar-refractivity contribution >= 4 is 45.2 Å². The molecule has 22 heavy (non-hydrogen) atoms. The van der Waals surface area contributed by atoms with Crippen LogP contribution in [0.4, 0.5) is 0 Å². The Bertz CT molecular complexity index is 232. The molecule has 0 radical (unpaired) electrons. The molecule has 0 rings (SSSR count). The molecule has 0 saturated carbocycles. The van der Waals surface area contributed by atoms with Crippen molar-refractivity contribution in [3.05, 3.63) is 0 Å². The fourth-order valence-electron chi connectivity index (χ4n) is 3.75. The average molecular weight is 555 g/mol. The van der Waals surface area contributed by atoms with E-state index in [-0.39, 0.29) is 0 Å². The summed E-state index contributed by atoms with van der Waals surface area (Å²) in [4.78, 5) is 0. The van der Waals surface area contributed by atoms with E-state index in [1.54, 1.807) is 31.5 Å². The van der Waals surface area contributed by atoms with Gasteiger partial charge in [-0.2, -0.15) is 0 Å². The Morgan fingerprint density at radius 2 is 0.500 bits per heavy atom. The molecule has 0 aromatic carbocycles. The van der Waals surface area contributed by atoms with Crippen LogP contribution >= 0.6 is 0 Å². The third-order valence-corrected chi connectivity index (χ3v) is 135. The Hall–Kier alpha value is 2.17. The van der Waals surface area contributed by atoms with E-state index in [0.717, 1.165) is 0 Å². The van der Waals surface area contributed by atoms with E-state index in [2.05, 4.69) is 76.1 Å². The maximum atomic E-state index is 2.54. The Labute approximate surface area is 151 Å². The first-order chi connectivity index (χ1) is 9.86.